The summed E-state index contributed by atoms with van der Waals surface area (Å²) in [5, 5.41) is 5.11. The lowest BCUT2D eigenvalue weighted by Crippen LogP contribution is -2.55. The van der Waals surface area contributed by atoms with Crippen molar-refractivity contribution < 1.29 is 14.4 Å². The van der Waals surface area contributed by atoms with E-state index >= 15 is 0 Å². The van der Waals surface area contributed by atoms with Gasteiger partial charge in [-0.05, 0) is 44.0 Å². The zero-order valence-corrected chi connectivity index (χ0v) is 13.7. The Hall–Kier alpha value is -2.41. The van der Waals surface area contributed by atoms with Crippen LogP contribution in [0.15, 0.2) is 24.3 Å². The number of carbonyl (C=O) groups excluding carboxylic acids is 3. The van der Waals surface area contributed by atoms with E-state index in [1.165, 1.54) is 0 Å². The van der Waals surface area contributed by atoms with E-state index in [9.17, 15) is 14.4 Å². The molecule has 24 heavy (non-hydrogen) atoms. The van der Waals surface area contributed by atoms with Crippen molar-refractivity contribution in [3.8, 4) is 0 Å². The first-order valence-corrected chi connectivity index (χ1v) is 8.13. The molecule has 2 saturated heterocycles. The lowest BCUT2D eigenvalue weighted by atomic mass is 9.80. The standard InChI is InChI=1S/C17H22N4O3/c1-17(15(23)19-16(24)20-17)13-3-2-8-21(10-13)9-11-4-6-12(7-5-11)14(18)22/h4-7,13H,2-3,8-10H2,1H3,(H2,18,22)(H2,19,20,23,24). The molecule has 1 aromatic rings. The maximum atomic E-state index is 12.1. The van der Waals surface area contributed by atoms with Crippen molar-refractivity contribution in [3.05, 3.63) is 35.4 Å². The summed E-state index contributed by atoms with van der Waals surface area (Å²) in [6.07, 6.45) is 1.88. The second-order valence-corrected chi connectivity index (χ2v) is 6.75. The van der Waals surface area contributed by atoms with Crippen molar-refractivity contribution >= 4 is 17.8 Å². The van der Waals surface area contributed by atoms with Crippen molar-refractivity contribution in [1.29, 1.82) is 0 Å². The molecule has 128 valence electrons. The molecule has 3 rings (SSSR count). The fraction of sp³-hybridized carbons (Fsp3) is 0.471. The van der Waals surface area contributed by atoms with Gasteiger partial charge in [-0.25, -0.2) is 4.79 Å². The van der Waals surface area contributed by atoms with Crippen molar-refractivity contribution in [3.63, 3.8) is 0 Å². The quantitative estimate of drug-likeness (QED) is 0.703. The zero-order valence-electron chi connectivity index (χ0n) is 13.7. The second kappa shape index (κ2) is 6.24. The topological polar surface area (TPSA) is 105 Å². The molecule has 4 N–H and O–H groups in total. The van der Waals surface area contributed by atoms with Gasteiger partial charge in [0.2, 0.25) is 5.91 Å². The third-order valence-electron chi connectivity index (χ3n) is 5.04. The van der Waals surface area contributed by atoms with Crippen molar-refractivity contribution in [1.82, 2.24) is 15.5 Å². The van der Waals surface area contributed by atoms with E-state index < -0.39 is 17.5 Å². The summed E-state index contributed by atoms with van der Waals surface area (Å²) in [5.74, 6) is -0.608. The van der Waals surface area contributed by atoms with Gasteiger partial charge in [-0.3, -0.25) is 19.8 Å². The Morgan fingerprint density at radius 2 is 2.04 bits per heavy atom. The first kappa shape index (κ1) is 16.4. The Morgan fingerprint density at radius 1 is 1.33 bits per heavy atom. The summed E-state index contributed by atoms with van der Waals surface area (Å²) in [6, 6.07) is 6.84. The van der Waals surface area contributed by atoms with Gasteiger partial charge in [0.1, 0.15) is 5.54 Å². The van der Waals surface area contributed by atoms with Crippen LogP contribution >= 0.6 is 0 Å². The summed E-state index contributed by atoms with van der Waals surface area (Å²) in [4.78, 5) is 37.0. The molecule has 2 fully saturated rings. The number of likely N-dealkylation sites (tertiary alicyclic amines) is 1. The number of benzene rings is 1. The molecule has 2 unspecified atom stereocenters. The van der Waals surface area contributed by atoms with E-state index in [-0.39, 0.29) is 11.8 Å². The number of nitrogens with one attached hydrogen (secondary N) is 2. The lowest BCUT2D eigenvalue weighted by Gasteiger charge is -2.39. The second-order valence-electron chi connectivity index (χ2n) is 6.75. The molecule has 2 aliphatic rings. The Morgan fingerprint density at radius 3 is 2.62 bits per heavy atom. The van der Waals surface area contributed by atoms with Crippen LogP contribution in [0.5, 0.6) is 0 Å². The van der Waals surface area contributed by atoms with Crippen molar-refractivity contribution in [2.45, 2.75) is 31.8 Å². The summed E-state index contributed by atoms with van der Waals surface area (Å²) in [7, 11) is 0. The molecule has 0 radical (unpaired) electrons. The number of carbonyl (C=O) groups is 3. The van der Waals surface area contributed by atoms with Crippen LogP contribution in [0, 0.1) is 5.92 Å². The van der Waals surface area contributed by atoms with Crippen molar-refractivity contribution in [2.24, 2.45) is 11.7 Å². The fourth-order valence-electron chi connectivity index (χ4n) is 3.55. The van der Waals surface area contributed by atoms with E-state index in [1.54, 1.807) is 19.1 Å². The summed E-state index contributed by atoms with van der Waals surface area (Å²) < 4.78 is 0. The van der Waals surface area contributed by atoms with E-state index in [0.29, 0.717) is 5.56 Å². The third-order valence-corrected chi connectivity index (χ3v) is 5.04. The minimum absolute atomic E-state index is 0.0718. The number of rotatable bonds is 4. The molecule has 0 bridgehead atoms. The number of hydrogen-bond acceptors (Lipinski definition) is 4. The van der Waals surface area contributed by atoms with Crippen LogP contribution < -0.4 is 16.4 Å². The molecule has 0 aliphatic carbocycles. The van der Waals surface area contributed by atoms with Crippen LogP contribution in [0.25, 0.3) is 0 Å². The lowest BCUT2D eigenvalue weighted by molar-refractivity contribution is -0.126. The SMILES string of the molecule is CC1(C2CCCN(Cc3ccc(C(N)=O)cc3)C2)NC(=O)NC1=O. The van der Waals surface area contributed by atoms with Gasteiger partial charge in [0.05, 0.1) is 0 Å². The Labute approximate surface area is 140 Å². The minimum atomic E-state index is -0.842. The highest BCUT2D eigenvalue weighted by atomic mass is 16.2. The highest BCUT2D eigenvalue weighted by molar-refractivity contribution is 6.07. The first-order valence-electron chi connectivity index (χ1n) is 8.13. The third kappa shape index (κ3) is 3.12. The molecule has 2 atom stereocenters. The number of amides is 4. The predicted molar refractivity (Wildman–Crippen MR) is 88.0 cm³/mol. The van der Waals surface area contributed by atoms with Gasteiger partial charge in [0.15, 0.2) is 0 Å². The van der Waals surface area contributed by atoms with Crippen LogP contribution in [-0.2, 0) is 11.3 Å². The van der Waals surface area contributed by atoms with E-state index in [4.69, 9.17) is 5.73 Å². The normalized spacial score (nSPS) is 27.6. The number of piperidine rings is 1. The average Bonchev–Trinajstić information content (AvgIpc) is 2.81. The molecule has 0 saturated carbocycles. The smallest absolute Gasteiger partial charge is 0.322 e. The molecule has 0 aromatic heterocycles. The number of nitrogens with zero attached hydrogens (tertiary/aromatic N) is 1. The van der Waals surface area contributed by atoms with E-state index in [1.807, 2.05) is 12.1 Å². The highest BCUT2D eigenvalue weighted by Gasteiger charge is 2.48. The Kier molecular flexibility index (Phi) is 4.28. The average molecular weight is 330 g/mol. The van der Waals surface area contributed by atoms with Gasteiger partial charge in [-0.15, -0.1) is 0 Å². The van der Waals surface area contributed by atoms with Crippen LogP contribution in [0.4, 0.5) is 4.79 Å². The number of nitrogens with two attached hydrogens (primary N) is 1. The monoisotopic (exact) mass is 330 g/mol. The molecule has 7 heteroatoms. The summed E-state index contributed by atoms with van der Waals surface area (Å²) in [5.41, 5.74) is 5.99. The molecule has 4 amide bonds. The van der Waals surface area contributed by atoms with Gasteiger partial charge < -0.3 is 11.1 Å². The molecular formula is C17H22N4O3. The zero-order chi connectivity index (χ0) is 17.3. The minimum Gasteiger partial charge on any atom is -0.366 e. The van der Waals surface area contributed by atoms with Gasteiger partial charge in [-0.1, -0.05) is 12.1 Å². The highest BCUT2D eigenvalue weighted by Crippen LogP contribution is 2.30. The number of imide groups is 1. The largest absolute Gasteiger partial charge is 0.366 e. The van der Waals surface area contributed by atoms with Gasteiger partial charge >= 0.3 is 6.03 Å². The van der Waals surface area contributed by atoms with Gasteiger partial charge in [-0.2, -0.15) is 0 Å². The van der Waals surface area contributed by atoms with Crippen LogP contribution in [0.2, 0.25) is 0 Å². The van der Waals surface area contributed by atoms with Crippen LogP contribution in [0.1, 0.15) is 35.7 Å². The molecule has 1 aromatic carbocycles. The van der Waals surface area contributed by atoms with Crippen molar-refractivity contribution in [2.75, 3.05) is 13.1 Å². The summed E-state index contributed by atoms with van der Waals surface area (Å²) in [6.45, 7) is 4.21. The molecular weight excluding hydrogens is 308 g/mol. The summed E-state index contributed by atoms with van der Waals surface area (Å²) >= 11 is 0. The van der Waals surface area contributed by atoms with Crippen LogP contribution in [0.3, 0.4) is 0 Å². The van der Waals surface area contributed by atoms with Gasteiger partial charge in [0.25, 0.3) is 5.91 Å². The Balaban J connectivity index is 1.66. The molecule has 2 aliphatic heterocycles. The molecule has 7 nitrogen and oxygen atoms in total. The number of hydrogen-bond donors (Lipinski definition) is 3. The predicted octanol–water partition coefficient (Wildman–Crippen LogP) is 0.596. The fourth-order valence-corrected chi connectivity index (χ4v) is 3.55. The van der Waals surface area contributed by atoms with E-state index in [0.717, 1.165) is 38.0 Å². The van der Waals surface area contributed by atoms with Crippen LogP contribution in [-0.4, -0.2) is 41.4 Å². The molecule has 2 heterocycles. The van der Waals surface area contributed by atoms with E-state index in [2.05, 4.69) is 15.5 Å². The Bertz CT molecular complexity index is 673. The maximum absolute atomic E-state index is 12.1. The number of primary amides is 1. The first-order chi connectivity index (χ1) is 11.4. The van der Waals surface area contributed by atoms with Gasteiger partial charge in [0, 0.05) is 24.6 Å². The number of urea groups is 1. The maximum Gasteiger partial charge on any atom is 0.322 e. The molecule has 0 spiro atoms.